The van der Waals surface area contributed by atoms with Gasteiger partial charge in [0.25, 0.3) is 0 Å². The lowest BCUT2D eigenvalue weighted by molar-refractivity contribution is -0.122. The molecule has 1 aromatic heterocycles. The van der Waals surface area contributed by atoms with Crippen LogP contribution in [0.15, 0.2) is 4.79 Å². The van der Waals surface area contributed by atoms with E-state index in [9.17, 15) is 9.59 Å². The summed E-state index contributed by atoms with van der Waals surface area (Å²) in [4.78, 5) is 32.8. The Morgan fingerprint density at radius 1 is 1.28 bits per heavy atom. The molecule has 7 heteroatoms. The second-order valence-electron chi connectivity index (χ2n) is 7.11. The molecular weight excluding hydrogens is 320 g/mol. The maximum Gasteiger partial charge on any atom is 0.345 e. The molecule has 0 saturated carbocycles. The van der Waals surface area contributed by atoms with E-state index >= 15 is 0 Å². The zero-order valence-corrected chi connectivity index (χ0v) is 15.1. The number of aromatic nitrogens is 2. The fourth-order valence-corrected chi connectivity index (χ4v) is 3.93. The maximum atomic E-state index is 12.4. The van der Waals surface area contributed by atoms with E-state index in [4.69, 9.17) is 4.74 Å². The van der Waals surface area contributed by atoms with Gasteiger partial charge in [0.2, 0.25) is 5.91 Å². The lowest BCUT2D eigenvalue weighted by Crippen LogP contribution is -2.52. The van der Waals surface area contributed by atoms with Gasteiger partial charge in [-0.2, -0.15) is 4.98 Å². The van der Waals surface area contributed by atoms with Crippen LogP contribution in [0.3, 0.4) is 0 Å². The Hall–Kier alpha value is -1.73. The van der Waals surface area contributed by atoms with Crippen LogP contribution >= 0.6 is 0 Å². The molecule has 3 rings (SSSR count). The summed E-state index contributed by atoms with van der Waals surface area (Å²) in [7, 11) is 0. The molecular formula is C18H28N4O3. The van der Waals surface area contributed by atoms with Crippen LogP contribution in [0.4, 0.5) is 0 Å². The van der Waals surface area contributed by atoms with E-state index in [0.29, 0.717) is 37.8 Å². The SMILES string of the molecule is Cc1nc(=O)[nH]c(C)c1CCC(=O)N[C@@H]1COC[C@H]1N1CCCCC1. The Labute approximate surface area is 148 Å². The van der Waals surface area contributed by atoms with Gasteiger partial charge in [0.05, 0.1) is 25.3 Å². The van der Waals surface area contributed by atoms with Gasteiger partial charge in [-0.3, -0.25) is 9.69 Å². The largest absolute Gasteiger partial charge is 0.378 e. The van der Waals surface area contributed by atoms with Crippen molar-refractivity contribution in [1.29, 1.82) is 0 Å². The number of carbonyl (C=O) groups is 1. The van der Waals surface area contributed by atoms with Crippen LogP contribution in [-0.4, -0.2) is 59.2 Å². The third kappa shape index (κ3) is 4.46. The number of carbonyl (C=O) groups excluding carboxylic acids is 1. The smallest absolute Gasteiger partial charge is 0.345 e. The van der Waals surface area contributed by atoms with Crippen LogP contribution in [0.5, 0.6) is 0 Å². The monoisotopic (exact) mass is 348 g/mol. The normalized spacial score (nSPS) is 24.4. The summed E-state index contributed by atoms with van der Waals surface area (Å²) in [6.45, 7) is 7.15. The van der Waals surface area contributed by atoms with Crippen molar-refractivity contribution in [1.82, 2.24) is 20.2 Å². The van der Waals surface area contributed by atoms with Gasteiger partial charge in [0.1, 0.15) is 0 Å². The lowest BCUT2D eigenvalue weighted by atomic mass is 10.0. The molecule has 2 aliphatic rings. The zero-order chi connectivity index (χ0) is 17.8. The third-order valence-corrected chi connectivity index (χ3v) is 5.31. The molecule has 2 atom stereocenters. The highest BCUT2D eigenvalue weighted by Crippen LogP contribution is 2.19. The minimum absolute atomic E-state index is 0.0301. The van der Waals surface area contributed by atoms with E-state index in [-0.39, 0.29) is 17.6 Å². The summed E-state index contributed by atoms with van der Waals surface area (Å²) in [6.07, 6.45) is 4.73. The molecule has 138 valence electrons. The van der Waals surface area contributed by atoms with Crippen LogP contribution in [0.2, 0.25) is 0 Å². The van der Waals surface area contributed by atoms with E-state index in [2.05, 4.69) is 20.2 Å². The van der Waals surface area contributed by atoms with Crippen molar-refractivity contribution in [2.24, 2.45) is 0 Å². The van der Waals surface area contributed by atoms with Gasteiger partial charge in [-0.15, -0.1) is 0 Å². The number of nitrogens with zero attached hydrogens (tertiary/aromatic N) is 2. The number of amides is 1. The molecule has 0 radical (unpaired) electrons. The number of ether oxygens (including phenoxy) is 1. The highest BCUT2D eigenvalue weighted by Gasteiger charge is 2.34. The van der Waals surface area contributed by atoms with Gasteiger partial charge < -0.3 is 15.0 Å². The van der Waals surface area contributed by atoms with Crippen LogP contribution in [-0.2, 0) is 16.0 Å². The van der Waals surface area contributed by atoms with Crippen LogP contribution in [0, 0.1) is 13.8 Å². The van der Waals surface area contributed by atoms with Crippen LogP contribution < -0.4 is 11.0 Å². The summed E-state index contributed by atoms with van der Waals surface area (Å²) < 4.78 is 5.63. The summed E-state index contributed by atoms with van der Waals surface area (Å²) >= 11 is 0. The summed E-state index contributed by atoms with van der Waals surface area (Å²) in [5.74, 6) is 0.0301. The Kier molecular flexibility index (Phi) is 5.86. The molecule has 2 saturated heterocycles. The number of H-pyrrole nitrogens is 1. The fraction of sp³-hybridized carbons (Fsp3) is 0.722. The number of hydrogen-bond donors (Lipinski definition) is 2. The van der Waals surface area contributed by atoms with E-state index < -0.39 is 0 Å². The molecule has 1 aromatic rings. The van der Waals surface area contributed by atoms with Crippen molar-refractivity contribution in [3.63, 3.8) is 0 Å². The molecule has 25 heavy (non-hydrogen) atoms. The van der Waals surface area contributed by atoms with E-state index in [1.165, 1.54) is 19.3 Å². The van der Waals surface area contributed by atoms with Crippen molar-refractivity contribution in [2.75, 3.05) is 26.3 Å². The van der Waals surface area contributed by atoms with Crippen LogP contribution in [0.25, 0.3) is 0 Å². The van der Waals surface area contributed by atoms with Crippen molar-refractivity contribution >= 4 is 5.91 Å². The Morgan fingerprint density at radius 3 is 2.76 bits per heavy atom. The first kappa shape index (κ1) is 18.1. The molecule has 0 aliphatic carbocycles. The average Bonchev–Trinajstić information content (AvgIpc) is 3.02. The van der Waals surface area contributed by atoms with Crippen LogP contribution in [0.1, 0.15) is 42.6 Å². The summed E-state index contributed by atoms with van der Waals surface area (Å²) in [5, 5.41) is 3.15. The molecule has 0 aromatic carbocycles. The number of piperidine rings is 1. The van der Waals surface area contributed by atoms with Crippen molar-refractivity contribution in [2.45, 2.75) is 58.0 Å². The number of hydrogen-bond acceptors (Lipinski definition) is 5. The molecule has 2 aliphatic heterocycles. The number of rotatable bonds is 5. The first-order chi connectivity index (χ1) is 12.0. The van der Waals surface area contributed by atoms with Gasteiger partial charge in [-0.25, -0.2) is 4.79 Å². The zero-order valence-electron chi connectivity index (χ0n) is 15.1. The first-order valence-electron chi connectivity index (χ1n) is 9.22. The minimum Gasteiger partial charge on any atom is -0.378 e. The van der Waals surface area contributed by atoms with Gasteiger partial charge in [-0.1, -0.05) is 6.42 Å². The van der Waals surface area contributed by atoms with E-state index in [0.717, 1.165) is 24.3 Å². The summed E-state index contributed by atoms with van der Waals surface area (Å²) in [5.41, 5.74) is 2.10. The maximum absolute atomic E-state index is 12.4. The Balaban J connectivity index is 1.54. The quantitative estimate of drug-likeness (QED) is 0.817. The Morgan fingerprint density at radius 2 is 2.04 bits per heavy atom. The molecule has 0 unspecified atom stereocenters. The van der Waals surface area contributed by atoms with Gasteiger partial charge in [-0.05, 0) is 51.8 Å². The lowest BCUT2D eigenvalue weighted by Gasteiger charge is -2.34. The molecule has 0 spiro atoms. The second-order valence-corrected chi connectivity index (χ2v) is 7.11. The van der Waals surface area contributed by atoms with E-state index in [1.54, 1.807) is 0 Å². The topological polar surface area (TPSA) is 87.3 Å². The fourth-order valence-electron chi connectivity index (χ4n) is 3.93. The third-order valence-electron chi connectivity index (χ3n) is 5.31. The van der Waals surface area contributed by atoms with Crippen molar-refractivity contribution < 1.29 is 9.53 Å². The van der Waals surface area contributed by atoms with Crippen molar-refractivity contribution in [3.05, 3.63) is 27.4 Å². The highest BCUT2D eigenvalue weighted by atomic mass is 16.5. The van der Waals surface area contributed by atoms with Gasteiger partial charge in [0, 0.05) is 17.8 Å². The second kappa shape index (κ2) is 8.10. The molecule has 0 bridgehead atoms. The molecule has 2 N–H and O–H groups in total. The molecule has 7 nitrogen and oxygen atoms in total. The Bertz CT molecular complexity index is 641. The summed E-state index contributed by atoms with van der Waals surface area (Å²) in [6, 6.07) is 0.365. The predicted octanol–water partition coefficient (Wildman–Crippen LogP) is 0.689. The standard InChI is InChI=1S/C18H28N4O3/c1-12-14(13(2)20-18(24)19-12)6-7-17(23)21-15-10-25-11-16(15)22-8-4-3-5-9-22/h15-16H,3-11H2,1-2H3,(H,21,23)(H,19,20,24)/t15-,16-/m1/s1. The highest BCUT2D eigenvalue weighted by molar-refractivity contribution is 5.76. The predicted molar refractivity (Wildman–Crippen MR) is 94.6 cm³/mol. The van der Waals surface area contributed by atoms with Crippen molar-refractivity contribution in [3.8, 4) is 0 Å². The number of aryl methyl sites for hydroxylation is 2. The molecule has 2 fully saturated rings. The first-order valence-corrected chi connectivity index (χ1v) is 9.22. The molecule has 1 amide bonds. The van der Waals surface area contributed by atoms with Gasteiger partial charge >= 0.3 is 5.69 Å². The number of likely N-dealkylation sites (tertiary alicyclic amines) is 1. The number of aromatic amines is 1. The average molecular weight is 348 g/mol. The van der Waals surface area contributed by atoms with Gasteiger partial charge in [0.15, 0.2) is 0 Å². The minimum atomic E-state index is -0.337. The number of nitrogens with one attached hydrogen (secondary N) is 2. The van der Waals surface area contributed by atoms with E-state index in [1.807, 2.05) is 13.8 Å². The molecule has 3 heterocycles.